The van der Waals surface area contributed by atoms with Crippen molar-refractivity contribution in [1.82, 2.24) is 0 Å². The average Bonchev–Trinajstić information content (AvgIpc) is 1.84. The van der Waals surface area contributed by atoms with Gasteiger partial charge in [-0.25, -0.2) is 0 Å². The molecule has 48 valence electrons. The van der Waals surface area contributed by atoms with Crippen LogP contribution in [0, 0.1) is 31.1 Å². The summed E-state index contributed by atoms with van der Waals surface area (Å²) in [4.78, 5) is 10.6. The van der Waals surface area contributed by atoms with Crippen LogP contribution in [-0.2, 0) is 4.79 Å². The normalized spacial score (nSPS) is 11.8. The van der Waals surface area contributed by atoms with E-state index in [-0.39, 0.29) is 42.7 Å². The molecule has 0 aliphatic rings. The Bertz CT molecular complexity index is 85.1. The fraction of sp³-hybridized carbons (Fsp3) is 0.833. The van der Waals surface area contributed by atoms with Crippen LogP contribution in [0.1, 0.15) is 26.7 Å². The first kappa shape index (κ1) is 12.5. The standard InChI is InChI=1S/C6H11BO.U/c1-3-5(7)6(8)4-2;/h5H,3-4H2,1-2H3;. The molecule has 0 rings (SSSR count). The second-order valence-electron chi connectivity index (χ2n) is 1.83. The molecule has 3 heteroatoms. The van der Waals surface area contributed by atoms with E-state index in [0.717, 1.165) is 6.42 Å². The van der Waals surface area contributed by atoms with E-state index in [9.17, 15) is 4.79 Å². The molecule has 0 amide bonds. The Kier molecular flexibility index (Phi) is 9.56. The Morgan fingerprint density at radius 1 is 1.56 bits per heavy atom. The number of carbonyl (C=O) groups excluding carboxylic acids is 1. The van der Waals surface area contributed by atoms with E-state index in [1.165, 1.54) is 0 Å². The molecule has 1 atom stereocenters. The number of Topliss-reactive ketones (excluding diaryl/α,β-unsaturated/α-hetero) is 1. The van der Waals surface area contributed by atoms with Crippen LogP contribution in [0.4, 0.5) is 0 Å². The Hall–Kier alpha value is 0.787. The van der Waals surface area contributed by atoms with Crippen LogP contribution >= 0.6 is 0 Å². The van der Waals surface area contributed by atoms with Crippen molar-refractivity contribution in [3.8, 4) is 0 Å². The maximum Gasteiger partial charge on any atom is 0.127 e. The van der Waals surface area contributed by atoms with E-state index in [2.05, 4.69) is 0 Å². The maximum absolute atomic E-state index is 10.6. The third-order valence-corrected chi connectivity index (χ3v) is 1.20. The molecular weight excluding hydrogens is 337 g/mol. The van der Waals surface area contributed by atoms with Crippen LogP contribution in [0.15, 0.2) is 0 Å². The molecule has 0 N–H and O–H groups in total. The topological polar surface area (TPSA) is 17.1 Å². The van der Waals surface area contributed by atoms with Gasteiger partial charge in [0.25, 0.3) is 0 Å². The molecule has 9 heavy (non-hydrogen) atoms. The molecule has 0 spiro atoms. The number of hydrogen-bond donors (Lipinski definition) is 0. The van der Waals surface area contributed by atoms with Gasteiger partial charge in [-0.1, -0.05) is 20.3 Å². The number of ketones is 1. The third-order valence-electron chi connectivity index (χ3n) is 1.20. The van der Waals surface area contributed by atoms with Crippen molar-refractivity contribution >= 4 is 13.6 Å². The molecule has 1 unspecified atom stereocenters. The third kappa shape index (κ3) is 5.24. The molecule has 0 saturated heterocycles. The Morgan fingerprint density at radius 3 is 2.11 bits per heavy atom. The van der Waals surface area contributed by atoms with E-state index in [0.29, 0.717) is 6.42 Å². The van der Waals surface area contributed by atoms with Crippen LogP contribution in [0.5, 0.6) is 0 Å². The molecule has 0 heterocycles. The quantitative estimate of drug-likeness (QED) is 0.704. The van der Waals surface area contributed by atoms with Crippen LogP contribution in [0.25, 0.3) is 0 Å². The summed E-state index contributed by atoms with van der Waals surface area (Å²) in [6.07, 6.45) is 1.32. The van der Waals surface area contributed by atoms with Gasteiger partial charge in [0.1, 0.15) is 5.78 Å². The average molecular weight is 348 g/mol. The van der Waals surface area contributed by atoms with E-state index < -0.39 is 0 Å². The first-order valence-electron chi connectivity index (χ1n) is 3.00. The Labute approximate surface area is 81.8 Å². The van der Waals surface area contributed by atoms with Crippen molar-refractivity contribution in [2.75, 3.05) is 0 Å². The molecule has 0 saturated carbocycles. The molecule has 1 nitrogen and oxygen atoms in total. The summed E-state index contributed by atoms with van der Waals surface area (Å²) in [5.41, 5.74) is 0. The molecule has 0 aromatic heterocycles. The van der Waals surface area contributed by atoms with Crippen molar-refractivity contribution in [2.24, 2.45) is 0 Å². The minimum atomic E-state index is -0.222. The molecular formula is C6H11BOU. The van der Waals surface area contributed by atoms with Crippen LogP contribution < -0.4 is 0 Å². The van der Waals surface area contributed by atoms with Crippen LogP contribution in [-0.4, -0.2) is 13.6 Å². The van der Waals surface area contributed by atoms with Gasteiger partial charge in [0.2, 0.25) is 0 Å². The summed E-state index contributed by atoms with van der Waals surface area (Å²) in [6, 6.07) is 0. The molecule has 2 radical (unpaired) electrons. The van der Waals surface area contributed by atoms with Gasteiger partial charge < -0.3 is 4.79 Å². The van der Waals surface area contributed by atoms with Gasteiger partial charge in [0.05, 0.1) is 7.85 Å². The minimum absolute atomic E-state index is 0. The first-order valence-corrected chi connectivity index (χ1v) is 3.00. The van der Waals surface area contributed by atoms with Crippen molar-refractivity contribution in [1.29, 1.82) is 0 Å². The number of carbonyl (C=O) groups is 1. The minimum Gasteiger partial charge on any atom is -0.300 e. The van der Waals surface area contributed by atoms with E-state index in [1.54, 1.807) is 0 Å². The Morgan fingerprint density at radius 2 is 2.00 bits per heavy atom. The van der Waals surface area contributed by atoms with Gasteiger partial charge >= 0.3 is 0 Å². The van der Waals surface area contributed by atoms with E-state index in [1.807, 2.05) is 13.8 Å². The van der Waals surface area contributed by atoms with Gasteiger partial charge in [0.15, 0.2) is 0 Å². The summed E-state index contributed by atoms with van der Waals surface area (Å²) in [7, 11) is 5.38. The zero-order valence-electron chi connectivity index (χ0n) is 5.98. The van der Waals surface area contributed by atoms with Gasteiger partial charge in [-0.15, -0.1) is 0 Å². The van der Waals surface area contributed by atoms with Crippen molar-refractivity contribution in [2.45, 2.75) is 32.5 Å². The zero-order chi connectivity index (χ0) is 6.57. The molecule has 0 aliphatic carbocycles. The van der Waals surface area contributed by atoms with Crippen molar-refractivity contribution in [3.63, 3.8) is 0 Å². The van der Waals surface area contributed by atoms with Gasteiger partial charge in [-0.2, -0.15) is 0 Å². The fourth-order valence-electron chi connectivity index (χ4n) is 0.490. The smallest absolute Gasteiger partial charge is 0.127 e. The monoisotopic (exact) mass is 348 g/mol. The molecule has 0 aliphatic heterocycles. The molecule has 0 fully saturated rings. The fourth-order valence-corrected chi connectivity index (χ4v) is 0.490. The zero-order valence-corrected chi connectivity index (χ0v) is 10.1. The van der Waals surface area contributed by atoms with Crippen molar-refractivity contribution in [3.05, 3.63) is 0 Å². The molecule has 0 bridgehead atoms. The maximum atomic E-state index is 10.6. The summed E-state index contributed by atoms with van der Waals surface area (Å²) < 4.78 is 0. The largest absolute Gasteiger partial charge is 0.300 e. The first-order chi connectivity index (χ1) is 3.72. The second kappa shape index (κ2) is 6.90. The number of rotatable bonds is 3. The van der Waals surface area contributed by atoms with Crippen LogP contribution in [0.3, 0.4) is 0 Å². The Balaban J connectivity index is 0. The summed E-state index contributed by atoms with van der Waals surface area (Å²) >= 11 is 0. The van der Waals surface area contributed by atoms with Gasteiger partial charge in [-0.05, 0) is 5.82 Å². The molecule has 0 aromatic carbocycles. The van der Waals surface area contributed by atoms with Gasteiger partial charge in [-0.3, -0.25) is 0 Å². The molecule has 0 aromatic rings. The predicted molar refractivity (Wildman–Crippen MR) is 35.1 cm³/mol. The van der Waals surface area contributed by atoms with Crippen molar-refractivity contribution < 1.29 is 35.9 Å². The predicted octanol–water partition coefficient (Wildman–Crippen LogP) is 1.33. The second-order valence-corrected chi connectivity index (χ2v) is 1.83. The SMILES string of the molecule is [B]C(CC)C(=O)CC.[U]. The number of hydrogen-bond acceptors (Lipinski definition) is 1. The van der Waals surface area contributed by atoms with Crippen LogP contribution in [0.2, 0.25) is 5.82 Å². The van der Waals surface area contributed by atoms with Gasteiger partial charge in [0, 0.05) is 37.5 Å². The summed E-state index contributed by atoms with van der Waals surface area (Å²) in [5.74, 6) is -0.0625. The summed E-state index contributed by atoms with van der Waals surface area (Å²) in [6.45, 7) is 3.75. The van der Waals surface area contributed by atoms with E-state index >= 15 is 0 Å². The van der Waals surface area contributed by atoms with E-state index in [4.69, 9.17) is 7.85 Å². The summed E-state index contributed by atoms with van der Waals surface area (Å²) in [5, 5.41) is 0.